The molecule has 1 atom stereocenters. The number of imide groups is 1. The predicted molar refractivity (Wildman–Crippen MR) is 112 cm³/mol. The van der Waals surface area contributed by atoms with Crippen LogP contribution in [0.3, 0.4) is 0 Å². The number of nitrogens with zero attached hydrogens (tertiary/aromatic N) is 1. The lowest BCUT2D eigenvalue weighted by atomic mass is 10.2. The number of rotatable bonds is 7. The zero-order valence-corrected chi connectivity index (χ0v) is 20.3. The standard InChI is InChI=1S/C20H39NO6Si/c1-11-28(12-2,13-3)14-15(16(22)25-10)21(17(23)26-19(4,5)6)18(24)27-20(7,8)9/h15H,11-14H2,1-10H3. The second-order valence-corrected chi connectivity index (χ2v) is 14.7. The van der Waals surface area contributed by atoms with Gasteiger partial charge in [-0.05, 0) is 47.6 Å². The summed E-state index contributed by atoms with van der Waals surface area (Å²) in [5.41, 5.74) is -1.65. The maximum Gasteiger partial charge on any atom is 0.420 e. The van der Waals surface area contributed by atoms with Crippen molar-refractivity contribution in [2.45, 2.75) is 104 Å². The van der Waals surface area contributed by atoms with Gasteiger partial charge in [-0.25, -0.2) is 14.4 Å². The molecule has 0 saturated heterocycles. The fourth-order valence-electron chi connectivity index (χ4n) is 2.96. The number of carbonyl (C=O) groups is 3. The number of carbonyl (C=O) groups excluding carboxylic acids is 3. The fourth-order valence-corrected chi connectivity index (χ4v) is 6.50. The molecule has 0 aromatic rings. The Balaban J connectivity index is 6.18. The molecule has 8 heteroatoms. The summed E-state index contributed by atoms with van der Waals surface area (Å²) in [4.78, 5) is 39.3. The van der Waals surface area contributed by atoms with Crippen molar-refractivity contribution in [3.63, 3.8) is 0 Å². The molecule has 164 valence electrons. The van der Waals surface area contributed by atoms with Crippen LogP contribution in [0.15, 0.2) is 0 Å². The Labute approximate surface area is 171 Å². The molecule has 7 nitrogen and oxygen atoms in total. The summed E-state index contributed by atoms with van der Waals surface area (Å²) in [6, 6.07) is 2.15. The molecule has 0 aliphatic heterocycles. The average molecular weight is 418 g/mol. The van der Waals surface area contributed by atoms with Crippen molar-refractivity contribution < 1.29 is 28.6 Å². The Morgan fingerprint density at radius 2 is 1.18 bits per heavy atom. The van der Waals surface area contributed by atoms with Crippen molar-refractivity contribution in [3.05, 3.63) is 0 Å². The summed E-state index contributed by atoms with van der Waals surface area (Å²) in [5.74, 6) is -0.635. The van der Waals surface area contributed by atoms with Gasteiger partial charge in [-0.15, -0.1) is 0 Å². The summed E-state index contributed by atoms with van der Waals surface area (Å²) in [7, 11) is -0.635. The SMILES string of the molecule is CC[Si](CC)(CC)CC(C(=O)OC)N(C(=O)OC(C)(C)C)C(=O)OC(C)(C)C. The van der Waals surface area contributed by atoms with Gasteiger partial charge in [0.2, 0.25) is 0 Å². The van der Waals surface area contributed by atoms with Gasteiger partial charge in [0.15, 0.2) is 0 Å². The Hall–Kier alpha value is -1.57. The maximum absolute atomic E-state index is 12.9. The van der Waals surface area contributed by atoms with Crippen LogP contribution >= 0.6 is 0 Å². The van der Waals surface area contributed by atoms with E-state index in [4.69, 9.17) is 14.2 Å². The van der Waals surface area contributed by atoms with Gasteiger partial charge in [0.25, 0.3) is 0 Å². The van der Waals surface area contributed by atoms with Gasteiger partial charge in [-0.3, -0.25) is 0 Å². The van der Waals surface area contributed by atoms with Crippen LogP contribution in [0.25, 0.3) is 0 Å². The van der Waals surface area contributed by atoms with Gasteiger partial charge in [0.1, 0.15) is 17.2 Å². The first kappa shape index (κ1) is 26.4. The lowest BCUT2D eigenvalue weighted by molar-refractivity contribution is -0.146. The smallest absolute Gasteiger partial charge is 0.420 e. The van der Waals surface area contributed by atoms with Gasteiger partial charge >= 0.3 is 18.2 Å². The number of amides is 2. The molecule has 0 saturated carbocycles. The van der Waals surface area contributed by atoms with Crippen LogP contribution < -0.4 is 0 Å². The van der Waals surface area contributed by atoms with Crippen molar-refractivity contribution in [2.75, 3.05) is 7.11 Å². The Morgan fingerprint density at radius 1 is 0.821 bits per heavy atom. The highest BCUT2D eigenvalue weighted by atomic mass is 28.3. The van der Waals surface area contributed by atoms with Gasteiger partial charge in [-0.1, -0.05) is 38.9 Å². The van der Waals surface area contributed by atoms with Crippen LogP contribution in [0, 0.1) is 0 Å². The van der Waals surface area contributed by atoms with E-state index in [-0.39, 0.29) is 0 Å². The molecule has 0 aliphatic carbocycles. The van der Waals surface area contributed by atoms with E-state index in [2.05, 4.69) is 20.8 Å². The molecular formula is C20H39NO6Si. The van der Waals surface area contributed by atoms with E-state index in [1.165, 1.54) is 7.11 Å². The molecule has 0 radical (unpaired) electrons. The van der Waals surface area contributed by atoms with E-state index in [9.17, 15) is 14.4 Å². The monoisotopic (exact) mass is 417 g/mol. The van der Waals surface area contributed by atoms with Crippen molar-refractivity contribution in [1.82, 2.24) is 4.90 Å². The minimum absolute atomic E-state index is 0.418. The van der Waals surface area contributed by atoms with Crippen LogP contribution in [-0.2, 0) is 19.0 Å². The lowest BCUT2D eigenvalue weighted by Crippen LogP contribution is -2.55. The summed E-state index contributed by atoms with van der Waals surface area (Å²) in [6.45, 7) is 16.5. The van der Waals surface area contributed by atoms with Crippen molar-refractivity contribution >= 4 is 26.2 Å². The molecule has 0 aromatic carbocycles. The molecule has 0 bridgehead atoms. The average Bonchev–Trinajstić information content (AvgIpc) is 2.54. The van der Waals surface area contributed by atoms with Crippen molar-refractivity contribution in [1.29, 1.82) is 0 Å². The first-order valence-corrected chi connectivity index (χ1v) is 12.8. The highest BCUT2D eigenvalue weighted by Gasteiger charge is 2.44. The molecule has 0 aliphatic rings. The summed E-state index contributed by atoms with van der Waals surface area (Å²) in [5, 5.41) is 0. The molecule has 2 amide bonds. The molecular weight excluding hydrogens is 378 g/mol. The van der Waals surface area contributed by atoms with Crippen LogP contribution in [0.2, 0.25) is 24.2 Å². The Morgan fingerprint density at radius 3 is 1.43 bits per heavy atom. The molecule has 0 aromatic heterocycles. The predicted octanol–water partition coefficient (Wildman–Crippen LogP) is 5.21. The highest BCUT2D eigenvalue weighted by Crippen LogP contribution is 2.30. The first-order valence-electron chi connectivity index (χ1n) is 9.98. The normalized spacial score (nSPS) is 13.5. The van der Waals surface area contributed by atoms with E-state index in [1.54, 1.807) is 41.5 Å². The summed E-state index contributed by atoms with van der Waals surface area (Å²) in [6.07, 6.45) is -1.80. The topological polar surface area (TPSA) is 82.1 Å². The number of esters is 1. The summed E-state index contributed by atoms with van der Waals surface area (Å²) >= 11 is 0. The van der Waals surface area contributed by atoms with Gasteiger partial charge in [0.05, 0.1) is 15.2 Å². The lowest BCUT2D eigenvalue weighted by Gasteiger charge is -2.37. The second-order valence-electron chi connectivity index (χ2n) is 9.13. The van der Waals surface area contributed by atoms with E-state index in [0.717, 1.165) is 23.0 Å². The third kappa shape index (κ3) is 8.20. The van der Waals surface area contributed by atoms with E-state index >= 15 is 0 Å². The van der Waals surface area contributed by atoms with Crippen LogP contribution in [0.1, 0.15) is 62.3 Å². The van der Waals surface area contributed by atoms with Crippen molar-refractivity contribution in [2.24, 2.45) is 0 Å². The van der Waals surface area contributed by atoms with E-state index in [0.29, 0.717) is 6.04 Å². The van der Waals surface area contributed by atoms with Crippen LogP contribution in [0.4, 0.5) is 9.59 Å². The molecule has 0 spiro atoms. The zero-order chi connectivity index (χ0) is 22.3. The second kappa shape index (κ2) is 10.3. The Bertz CT molecular complexity index is 510. The van der Waals surface area contributed by atoms with Crippen LogP contribution in [-0.4, -0.2) is 55.5 Å². The Kier molecular flexibility index (Phi) is 9.70. The van der Waals surface area contributed by atoms with E-state index in [1.807, 2.05) is 0 Å². The fraction of sp³-hybridized carbons (Fsp3) is 0.850. The van der Waals surface area contributed by atoms with Gasteiger partial charge in [-0.2, -0.15) is 4.90 Å². The molecule has 1 unspecified atom stereocenters. The van der Waals surface area contributed by atoms with Gasteiger partial charge < -0.3 is 14.2 Å². The third-order valence-corrected chi connectivity index (χ3v) is 10.6. The summed E-state index contributed by atoms with van der Waals surface area (Å²) < 4.78 is 15.8. The minimum Gasteiger partial charge on any atom is -0.467 e. The van der Waals surface area contributed by atoms with Crippen LogP contribution in [0.5, 0.6) is 0 Å². The van der Waals surface area contributed by atoms with E-state index < -0.39 is 43.5 Å². The number of ether oxygens (including phenoxy) is 3. The molecule has 0 fully saturated rings. The number of hydrogen-bond donors (Lipinski definition) is 0. The number of hydrogen-bond acceptors (Lipinski definition) is 6. The third-order valence-electron chi connectivity index (χ3n) is 4.84. The molecule has 28 heavy (non-hydrogen) atoms. The molecule has 0 rings (SSSR count). The van der Waals surface area contributed by atoms with Crippen molar-refractivity contribution in [3.8, 4) is 0 Å². The first-order chi connectivity index (χ1) is 12.6. The molecule has 0 N–H and O–H groups in total. The molecule has 0 heterocycles. The number of methoxy groups -OCH3 is 1. The maximum atomic E-state index is 12.9. The minimum atomic E-state index is -1.89. The highest BCUT2D eigenvalue weighted by molar-refractivity contribution is 6.80. The quantitative estimate of drug-likeness (QED) is 0.321. The largest absolute Gasteiger partial charge is 0.467 e. The zero-order valence-electron chi connectivity index (χ0n) is 19.3. The van der Waals surface area contributed by atoms with Gasteiger partial charge in [0, 0.05) is 0 Å².